The van der Waals surface area contributed by atoms with Gasteiger partial charge in [0.05, 0.1) is 0 Å². The molecule has 0 aliphatic carbocycles. The highest BCUT2D eigenvalue weighted by atomic mass is 15.0. The Labute approximate surface area is 115 Å². The first-order valence-electron chi connectivity index (χ1n) is 6.85. The number of benzene rings is 1. The summed E-state index contributed by atoms with van der Waals surface area (Å²) in [6.45, 7) is 6.11. The molecule has 19 heavy (non-hydrogen) atoms. The molecule has 2 rings (SSSR count). The van der Waals surface area contributed by atoms with Gasteiger partial charge in [0.25, 0.3) is 0 Å². The molecule has 3 nitrogen and oxygen atoms in total. The van der Waals surface area contributed by atoms with Crippen LogP contribution >= 0.6 is 0 Å². The molecule has 0 saturated carbocycles. The minimum absolute atomic E-state index is 0.794. The maximum absolute atomic E-state index is 4.38. The fourth-order valence-electron chi connectivity index (χ4n) is 2.06. The molecule has 100 valence electrons. The van der Waals surface area contributed by atoms with Gasteiger partial charge < -0.3 is 5.32 Å². The molecule has 3 heteroatoms. The number of rotatable bonds is 5. The summed E-state index contributed by atoms with van der Waals surface area (Å²) in [6, 6.07) is 10.5. The van der Waals surface area contributed by atoms with Crippen LogP contribution in [0.4, 0.5) is 11.5 Å². The number of hydrogen-bond acceptors (Lipinski definition) is 3. The lowest BCUT2D eigenvalue weighted by atomic mass is 10.1. The second kappa shape index (κ2) is 6.32. The predicted molar refractivity (Wildman–Crippen MR) is 79.8 cm³/mol. The lowest BCUT2D eigenvalue weighted by molar-refractivity contribution is 0.795. The lowest BCUT2D eigenvalue weighted by Crippen LogP contribution is -1.98. The first-order valence-corrected chi connectivity index (χ1v) is 6.85. The first-order chi connectivity index (χ1) is 9.17. The number of hydrogen-bond donors (Lipinski definition) is 1. The Kier molecular flexibility index (Phi) is 4.50. The van der Waals surface area contributed by atoms with Gasteiger partial charge in [-0.05, 0) is 44.4 Å². The standard InChI is InChI=1S/C16H21N3/c1-4-5-6-14-7-9-15(10-8-14)19-16-11-12(2)17-13(3)18-16/h7-11H,4-6H2,1-3H3,(H,17,18,19). The number of nitrogens with zero attached hydrogens (tertiary/aromatic N) is 2. The maximum atomic E-state index is 4.38. The third-order valence-corrected chi connectivity index (χ3v) is 3.01. The molecular formula is C16H21N3. The minimum Gasteiger partial charge on any atom is -0.340 e. The molecule has 0 amide bonds. The molecule has 2 aromatic rings. The van der Waals surface area contributed by atoms with Crippen LogP contribution in [-0.4, -0.2) is 9.97 Å². The van der Waals surface area contributed by atoms with Gasteiger partial charge in [-0.2, -0.15) is 0 Å². The van der Waals surface area contributed by atoms with Crippen molar-refractivity contribution >= 4 is 11.5 Å². The summed E-state index contributed by atoms with van der Waals surface area (Å²) in [5.41, 5.74) is 3.44. The molecule has 0 aliphatic rings. The molecular weight excluding hydrogens is 234 g/mol. The fourth-order valence-corrected chi connectivity index (χ4v) is 2.06. The Morgan fingerprint density at radius 1 is 1.05 bits per heavy atom. The van der Waals surface area contributed by atoms with Crippen molar-refractivity contribution in [3.63, 3.8) is 0 Å². The zero-order chi connectivity index (χ0) is 13.7. The third kappa shape index (κ3) is 4.05. The zero-order valence-electron chi connectivity index (χ0n) is 11.9. The van der Waals surface area contributed by atoms with Crippen molar-refractivity contribution in [2.24, 2.45) is 0 Å². The number of aryl methyl sites for hydroxylation is 3. The van der Waals surface area contributed by atoms with Crippen molar-refractivity contribution in [3.8, 4) is 0 Å². The van der Waals surface area contributed by atoms with E-state index in [2.05, 4.69) is 46.5 Å². The number of unbranched alkanes of at least 4 members (excludes halogenated alkanes) is 1. The summed E-state index contributed by atoms with van der Waals surface area (Å²) in [5.74, 6) is 1.65. The molecule has 0 atom stereocenters. The van der Waals surface area contributed by atoms with Gasteiger partial charge in [0.15, 0.2) is 0 Å². The first kappa shape index (κ1) is 13.5. The summed E-state index contributed by atoms with van der Waals surface area (Å²) in [6.07, 6.45) is 3.64. The van der Waals surface area contributed by atoms with E-state index in [1.54, 1.807) is 0 Å². The van der Waals surface area contributed by atoms with Gasteiger partial charge in [0.2, 0.25) is 0 Å². The van der Waals surface area contributed by atoms with Crippen LogP contribution < -0.4 is 5.32 Å². The normalized spacial score (nSPS) is 10.5. The Bertz CT molecular complexity index is 512. The number of aromatic nitrogens is 2. The monoisotopic (exact) mass is 255 g/mol. The zero-order valence-corrected chi connectivity index (χ0v) is 11.9. The van der Waals surface area contributed by atoms with E-state index in [1.807, 2.05) is 19.9 Å². The molecule has 0 bridgehead atoms. The number of nitrogens with one attached hydrogen (secondary N) is 1. The topological polar surface area (TPSA) is 37.8 Å². The van der Waals surface area contributed by atoms with E-state index >= 15 is 0 Å². The second-order valence-electron chi connectivity index (χ2n) is 4.87. The van der Waals surface area contributed by atoms with E-state index in [4.69, 9.17) is 0 Å². The van der Waals surface area contributed by atoms with Crippen molar-refractivity contribution in [2.75, 3.05) is 5.32 Å². The third-order valence-electron chi connectivity index (χ3n) is 3.01. The largest absolute Gasteiger partial charge is 0.340 e. The number of anilines is 2. The lowest BCUT2D eigenvalue weighted by Gasteiger charge is -2.08. The van der Waals surface area contributed by atoms with Gasteiger partial charge in [-0.3, -0.25) is 0 Å². The molecule has 0 fully saturated rings. The highest BCUT2D eigenvalue weighted by molar-refractivity contribution is 5.56. The van der Waals surface area contributed by atoms with E-state index in [1.165, 1.54) is 18.4 Å². The maximum Gasteiger partial charge on any atom is 0.134 e. The van der Waals surface area contributed by atoms with Crippen LogP contribution in [0.15, 0.2) is 30.3 Å². The van der Waals surface area contributed by atoms with Gasteiger partial charge in [-0.25, -0.2) is 9.97 Å². The molecule has 1 heterocycles. The molecule has 1 aromatic heterocycles. The Hall–Kier alpha value is -1.90. The van der Waals surface area contributed by atoms with Crippen LogP contribution in [0, 0.1) is 13.8 Å². The summed E-state index contributed by atoms with van der Waals surface area (Å²) >= 11 is 0. The van der Waals surface area contributed by atoms with E-state index in [-0.39, 0.29) is 0 Å². The van der Waals surface area contributed by atoms with Crippen molar-refractivity contribution in [3.05, 3.63) is 47.4 Å². The van der Waals surface area contributed by atoms with Gasteiger partial charge >= 0.3 is 0 Å². The average molecular weight is 255 g/mol. The molecule has 0 aliphatic heterocycles. The second-order valence-corrected chi connectivity index (χ2v) is 4.87. The van der Waals surface area contributed by atoms with Crippen LogP contribution in [0.2, 0.25) is 0 Å². The predicted octanol–water partition coefficient (Wildman–Crippen LogP) is 4.18. The van der Waals surface area contributed by atoms with Crippen LogP contribution in [0.25, 0.3) is 0 Å². The minimum atomic E-state index is 0.794. The molecule has 0 radical (unpaired) electrons. The average Bonchev–Trinajstić information content (AvgIpc) is 2.37. The smallest absolute Gasteiger partial charge is 0.134 e. The van der Waals surface area contributed by atoms with Gasteiger partial charge in [0, 0.05) is 17.4 Å². The van der Waals surface area contributed by atoms with Crippen LogP contribution in [-0.2, 0) is 6.42 Å². The summed E-state index contributed by atoms with van der Waals surface area (Å²) < 4.78 is 0. The van der Waals surface area contributed by atoms with E-state index in [0.717, 1.165) is 29.4 Å². The Morgan fingerprint density at radius 3 is 2.42 bits per heavy atom. The van der Waals surface area contributed by atoms with Crippen LogP contribution in [0.3, 0.4) is 0 Å². The van der Waals surface area contributed by atoms with Gasteiger partial charge in [0.1, 0.15) is 11.6 Å². The van der Waals surface area contributed by atoms with Gasteiger partial charge in [-0.1, -0.05) is 25.5 Å². The van der Waals surface area contributed by atoms with Crippen molar-refractivity contribution in [1.29, 1.82) is 0 Å². The summed E-state index contributed by atoms with van der Waals surface area (Å²) in [5, 5.41) is 3.32. The molecule has 0 saturated heterocycles. The van der Waals surface area contributed by atoms with Crippen molar-refractivity contribution in [2.45, 2.75) is 40.0 Å². The quantitative estimate of drug-likeness (QED) is 0.871. The summed E-state index contributed by atoms with van der Waals surface area (Å²) in [4.78, 5) is 8.65. The van der Waals surface area contributed by atoms with Crippen LogP contribution in [0.5, 0.6) is 0 Å². The SMILES string of the molecule is CCCCc1ccc(Nc2cc(C)nc(C)n2)cc1. The van der Waals surface area contributed by atoms with Crippen molar-refractivity contribution < 1.29 is 0 Å². The molecule has 1 N–H and O–H groups in total. The van der Waals surface area contributed by atoms with Crippen LogP contribution in [0.1, 0.15) is 36.8 Å². The molecule has 1 aromatic carbocycles. The Balaban J connectivity index is 2.06. The fraction of sp³-hybridized carbons (Fsp3) is 0.375. The van der Waals surface area contributed by atoms with Crippen molar-refractivity contribution in [1.82, 2.24) is 9.97 Å². The highest BCUT2D eigenvalue weighted by Crippen LogP contribution is 2.17. The summed E-state index contributed by atoms with van der Waals surface area (Å²) in [7, 11) is 0. The van der Waals surface area contributed by atoms with E-state index in [9.17, 15) is 0 Å². The highest BCUT2D eigenvalue weighted by Gasteiger charge is 2.00. The van der Waals surface area contributed by atoms with E-state index < -0.39 is 0 Å². The Morgan fingerprint density at radius 2 is 1.79 bits per heavy atom. The molecule has 0 unspecified atom stereocenters. The van der Waals surface area contributed by atoms with Gasteiger partial charge in [-0.15, -0.1) is 0 Å². The van der Waals surface area contributed by atoms with E-state index in [0.29, 0.717) is 0 Å². The molecule has 0 spiro atoms.